The molecule has 0 aliphatic carbocycles. The normalized spacial score (nSPS) is 13.8. The fourth-order valence-electron chi connectivity index (χ4n) is 2.38. The number of aryl methyl sites for hydroxylation is 1. The molecule has 0 atom stereocenters. The molecule has 4 heteroatoms. The molecule has 1 aliphatic rings. The van der Waals surface area contributed by atoms with Crippen LogP contribution in [0.4, 0.5) is 10.5 Å². The first-order valence-electron chi connectivity index (χ1n) is 6.57. The first kappa shape index (κ1) is 13.0. The summed E-state index contributed by atoms with van der Waals surface area (Å²) in [6.07, 6.45) is 1.60. The molecule has 3 rings (SSSR count). The number of ether oxygens (including phenoxy) is 1. The Bertz CT molecular complexity index is 625. The Morgan fingerprint density at radius 2 is 1.85 bits per heavy atom. The zero-order valence-electron chi connectivity index (χ0n) is 10.9. The molecule has 1 heterocycles. The Labute approximate surface area is 122 Å². The van der Waals surface area contributed by atoms with Crippen molar-refractivity contribution in [3.05, 3.63) is 59.1 Å². The van der Waals surface area contributed by atoms with Crippen LogP contribution in [0.15, 0.2) is 48.5 Å². The Kier molecular flexibility index (Phi) is 3.61. The standard InChI is InChI=1S/C16H14ClNO2/c17-13-7-9-14(10-8-13)20-16(19)18-11-3-5-12-4-1-2-6-15(12)18/h1-2,4,6-10H,3,5,11H2. The van der Waals surface area contributed by atoms with Crippen molar-refractivity contribution in [1.29, 1.82) is 0 Å². The lowest BCUT2D eigenvalue weighted by Gasteiger charge is -2.28. The monoisotopic (exact) mass is 287 g/mol. The molecule has 0 saturated heterocycles. The first-order chi connectivity index (χ1) is 9.74. The van der Waals surface area contributed by atoms with Crippen molar-refractivity contribution in [3.8, 4) is 5.75 Å². The van der Waals surface area contributed by atoms with Crippen LogP contribution in [0.3, 0.4) is 0 Å². The van der Waals surface area contributed by atoms with E-state index in [0.717, 1.165) is 18.5 Å². The molecule has 0 bridgehead atoms. The van der Waals surface area contributed by atoms with Crippen LogP contribution in [0.5, 0.6) is 5.75 Å². The van der Waals surface area contributed by atoms with Crippen molar-refractivity contribution in [1.82, 2.24) is 0 Å². The maximum atomic E-state index is 12.3. The van der Waals surface area contributed by atoms with Gasteiger partial charge in [0.25, 0.3) is 0 Å². The summed E-state index contributed by atoms with van der Waals surface area (Å²) >= 11 is 5.81. The molecule has 0 radical (unpaired) electrons. The zero-order valence-corrected chi connectivity index (χ0v) is 11.6. The summed E-state index contributed by atoms with van der Waals surface area (Å²) in [6, 6.07) is 14.7. The Hall–Kier alpha value is -2.00. The van der Waals surface area contributed by atoms with Crippen LogP contribution in [0.1, 0.15) is 12.0 Å². The second-order valence-electron chi connectivity index (χ2n) is 4.71. The smallest absolute Gasteiger partial charge is 0.410 e. The Morgan fingerprint density at radius 1 is 1.10 bits per heavy atom. The maximum Gasteiger partial charge on any atom is 0.419 e. The van der Waals surface area contributed by atoms with E-state index in [1.807, 2.05) is 18.2 Å². The summed E-state index contributed by atoms with van der Waals surface area (Å²) in [7, 11) is 0. The minimum absolute atomic E-state index is 0.348. The van der Waals surface area contributed by atoms with E-state index < -0.39 is 0 Å². The minimum Gasteiger partial charge on any atom is -0.410 e. The van der Waals surface area contributed by atoms with E-state index in [0.29, 0.717) is 17.3 Å². The third-order valence-corrected chi connectivity index (χ3v) is 3.60. The molecule has 1 aliphatic heterocycles. The summed E-state index contributed by atoms with van der Waals surface area (Å²) in [5.74, 6) is 0.502. The van der Waals surface area contributed by atoms with Crippen LogP contribution >= 0.6 is 11.6 Å². The van der Waals surface area contributed by atoms with E-state index in [9.17, 15) is 4.79 Å². The average molecular weight is 288 g/mol. The van der Waals surface area contributed by atoms with E-state index in [-0.39, 0.29) is 6.09 Å². The minimum atomic E-state index is -0.348. The van der Waals surface area contributed by atoms with E-state index in [1.54, 1.807) is 29.2 Å². The zero-order chi connectivity index (χ0) is 13.9. The van der Waals surface area contributed by atoms with Crippen LogP contribution in [-0.4, -0.2) is 12.6 Å². The molecule has 2 aromatic rings. The van der Waals surface area contributed by atoms with Gasteiger partial charge in [-0.15, -0.1) is 0 Å². The van der Waals surface area contributed by atoms with Crippen LogP contribution in [0.25, 0.3) is 0 Å². The summed E-state index contributed by atoms with van der Waals surface area (Å²) < 4.78 is 5.39. The Balaban J connectivity index is 1.80. The highest BCUT2D eigenvalue weighted by atomic mass is 35.5. The van der Waals surface area contributed by atoms with Crippen LogP contribution in [-0.2, 0) is 6.42 Å². The van der Waals surface area contributed by atoms with Crippen molar-refractivity contribution >= 4 is 23.4 Å². The largest absolute Gasteiger partial charge is 0.419 e. The Morgan fingerprint density at radius 3 is 2.65 bits per heavy atom. The number of anilines is 1. The number of amides is 1. The highest BCUT2D eigenvalue weighted by Gasteiger charge is 2.23. The van der Waals surface area contributed by atoms with Gasteiger partial charge in [-0.1, -0.05) is 29.8 Å². The number of benzene rings is 2. The van der Waals surface area contributed by atoms with Crippen molar-refractivity contribution in [3.63, 3.8) is 0 Å². The fourth-order valence-corrected chi connectivity index (χ4v) is 2.51. The number of carbonyl (C=O) groups is 1. The number of carbonyl (C=O) groups excluding carboxylic acids is 1. The summed E-state index contributed by atoms with van der Waals surface area (Å²) in [5.41, 5.74) is 2.13. The third kappa shape index (κ3) is 2.63. The number of halogens is 1. The lowest BCUT2D eigenvalue weighted by Crippen LogP contribution is -2.37. The van der Waals surface area contributed by atoms with Gasteiger partial charge in [0, 0.05) is 11.6 Å². The number of hydrogen-bond donors (Lipinski definition) is 0. The van der Waals surface area contributed by atoms with Gasteiger partial charge in [-0.25, -0.2) is 4.79 Å². The number of nitrogens with zero attached hydrogens (tertiary/aromatic N) is 1. The molecule has 0 fully saturated rings. The molecular formula is C16H14ClNO2. The van der Waals surface area contributed by atoms with Gasteiger partial charge in [0.15, 0.2) is 0 Å². The van der Waals surface area contributed by atoms with E-state index in [1.165, 1.54) is 5.56 Å². The van der Waals surface area contributed by atoms with Gasteiger partial charge >= 0.3 is 6.09 Å². The molecule has 0 spiro atoms. The molecule has 0 saturated carbocycles. The topological polar surface area (TPSA) is 29.5 Å². The number of para-hydroxylation sites is 1. The van der Waals surface area contributed by atoms with E-state index >= 15 is 0 Å². The molecule has 2 aromatic carbocycles. The lowest BCUT2D eigenvalue weighted by atomic mass is 10.0. The van der Waals surface area contributed by atoms with Gasteiger partial charge in [0.2, 0.25) is 0 Å². The van der Waals surface area contributed by atoms with Crippen LogP contribution in [0, 0.1) is 0 Å². The number of fused-ring (bicyclic) bond motifs is 1. The van der Waals surface area contributed by atoms with Crippen LogP contribution in [0.2, 0.25) is 5.02 Å². The molecule has 3 nitrogen and oxygen atoms in total. The molecule has 0 N–H and O–H groups in total. The molecule has 1 amide bonds. The number of rotatable bonds is 1. The van der Waals surface area contributed by atoms with Gasteiger partial charge in [-0.2, -0.15) is 0 Å². The summed E-state index contributed by atoms with van der Waals surface area (Å²) in [6.45, 7) is 0.684. The number of hydrogen-bond acceptors (Lipinski definition) is 2. The molecule has 0 unspecified atom stereocenters. The van der Waals surface area contributed by atoms with Gasteiger partial charge in [0.1, 0.15) is 5.75 Å². The summed E-state index contributed by atoms with van der Waals surface area (Å²) in [5, 5.41) is 0.619. The van der Waals surface area contributed by atoms with Gasteiger partial charge in [0.05, 0.1) is 5.69 Å². The quantitative estimate of drug-likeness (QED) is 0.783. The predicted molar refractivity (Wildman–Crippen MR) is 79.6 cm³/mol. The first-order valence-corrected chi connectivity index (χ1v) is 6.95. The fraction of sp³-hybridized carbons (Fsp3) is 0.188. The van der Waals surface area contributed by atoms with Crippen molar-refractivity contribution in [2.45, 2.75) is 12.8 Å². The lowest BCUT2D eigenvalue weighted by molar-refractivity contribution is 0.207. The second kappa shape index (κ2) is 5.55. The van der Waals surface area contributed by atoms with Gasteiger partial charge in [-0.3, -0.25) is 4.90 Å². The van der Waals surface area contributed by atoms with Gasteiger partial charge < -0.3 is 4.74 Å². The summed E-state index contributed by atoms with van der Waals surface area (Å²) in [4.78, 5) is 14.0. The van der Waals surface area contributed by atoms with Crippen LogP contribution < -0.4 is 9.64 Å². The van der Waals surface area contributed by atoms with Crippen molar-refractivity contribution < 1.29 is 9.53 Å². The molecular weight excluding hydrogens is 274 g/mol. The third-order valence-electron chi connectivity index (χ3n) is 3.35. The second-order valence-corrected chi connectivity index (χ2v) is 5.14. The predicted octanol–water partition coefficient (Wildman–Crippen LogP) is 4.29. The molecule has 20 heavy (non-hydrogen) atoms. The van der Waals surface area contributed by atoms with Crippen molar-refractivity contribution in [2.24, 2.45) is 0 Å². The highest BCUT2D eigenvalue weighted by molar-refractivity contribution is 6.30. The molecule has 102 valence electrons. The van der Waals surface area contributed by atoms with E-state index in [4.69, 9.17) is 16.3 Å². The van der Waals surface area contributed by atoms with Crippen molar-refractivity contribution in [2.75, 3.05) is 11.4 Å². The van der Waals surface area contributed by atoms with E-state index in [2.05, 4.69) is 6.07 Å². The SMILES string of the molecule is O=C(Oc1ccc(Cl)cc1)N1CCCc2ccccc21. The van der Waals surface area contributed by atoms with Gasteiger partial charge in [-0.05, 0) is 48.7 Å². The molecule has 0 aromatic heterocycles. The highest BCUT2D eigenvalue weighted by Crippen LogP contribution is 2.27. The average Bonchev–Trinajstić information content (AvgIpc) is 2.49. The maximum absolute atomic E-state index is 12.3.